The average molecular weight is 269 g/mol. The van der Waals surface area contributed by atoms with Crippen LogP contribution in [0.15, 0.2) is 24.5 Å². The molecule has 1 aromatic carbocycles. The third-order valence-electron chi connectivity index (χ3n) is 4.42. The Kier molecular flexibility index (Phi) is 2.84. The van der Waals surface area contributed by atoms with Gasteiger partial charge in [0.1, 0.15) is 12.1 Å². The number of benzene rings is 1. The molecule has 2 aliphatic rings. The molecule has 2 aromatic rings. The number of fused-ring (bicyclic) bond motifs is 1. The Balaban J connectivity index is 1.68. The summed E-state index contributed by atoms with van der Waals surface area (Å²) in [6.45, 7) is 2.97. The van der Waals surface area contributed by atoms with Crippen molar-refractivity contribution in [2.75, 3.05) is 11.9 Å². The van der Waals surface area contributed by atoms with Gasteiger partial charge in [0.2, 0.25) is 0 Å². The van der Waals surface area contributed by atoms with E-state index in [2.05, 4.69) is 28.3 Å². The lowest BCUT2D eigenvalue weighted by Crippen LogP contribution is -2.31. The van der Waals surface area contributed by atoms with E-state index >= 15 is 0 Å². The van der Waals surface area contributed by atoms with Gasteiger partial charge >= 0.3 is 0 Å². The van der Waals surface area contributed by atoms with Crippen LogP contribution in [0.1, 0.15) is 24.8 Å². The molecular formula is C16H19N3O. The summed E-state index contributed by atoms with van der Waals surface area (Å²) in [6, 6.07) is 6.58. The fourth-order valence-electron chi connectivity index (χ4n) is 3.22. The van der Waals surface area contributed by atoms with Crippen molar-refractivity contribution in [3.05, 3.63) is 30.1 Å². The summed E-state index contributed by atoms with van der Waals surface area (Å²) in [5, 5.41) is 4.76. The topological polar surface area (TPSA) is 47.0 Å². The van der Waals surface area contributed by atoms with Gasteiger partial charge in [-0.15, -0.1) is 0 Å². The molecule has 0 radical (unpaired) electrons. The van der Waals surface area contributed by atoms with Crippen LogP contribution in [0.3, 0.4) is 0 Å². The zero-order valence-electron chi connectivity index (χ0n) is 11.7. The predicted molar refractivity (Wildman–Crippen MR) is 78.8 cm³/mol. The number of aromatic nitrogens is 2. The second-order valence-corrected chi connectivity index (χ2v) is 5.90. The zero-order valence-corrected chi connectivity index (χ0v) is 11.7. The van der Waals surface area contributed by atoms with Gasteiger partial charge < -0.3 is 10.1 Å². The van der Waals surface area contributed by atoms with Crippen LogP contribution in [0, 0.1) is 12.8 Å². The maximum atomic E-state index is 5.90. The molecule has 0 unspecified atom stereocenters. The lowest BCUT2D eigenvalue weighted by molar-refractivity contribution is 0.0898. The molecule has 20 heavy (non-hydrogen) atoms. The third-order valence-corrected chi connectivity index (χ3v) is 4.42. The lowest BCUT2D eigenvalue weighted by atomic mass is 10.1. The monoisotopic (exact) mass is 269 g/mol. The molecule has 1 aromatic heterocycles. The number of ether oxygens (including phenoxy) is 1. The number of hydrogen-bond acceptors (Lipinski definition) is 4. The van der Waals surface area contributed by atoms with E-state index in [-0.39, 0.29) is 0 Å². The molecule has 4 rings (SSSR count). The minimum absolute atomic E-state index is 0.365. The molecule has 0 amide bonds. The molecule has 2 heterocycles. The molecule has 0 spiro atoms. The molecule has 2 fully saturated rings. The summed E-state index contributed by atoms with van der Waals surface area (Å²) in [4.78, 5) is 8.83. The fraction of sp³-hybridized carbons (Fsp3) is 0.500. The van der Waals surface area contributed by atoms with Crippen LogP contribution in [0.2, 0.25) is 0 Å². The fourth-order valence-corrected chi connectivity index (χ4v) is 3.22. The standard InChI is InChI=1S/C16H19N3O/c1-10-3-2-4-12-14(10)16(18-9-17-12)19-13-7-8-20-15(13)11-5-6-11/h2-4,9,11,13,15H,5-8H2,1H3,(H,17,18,19)/t13-,15+/m1/s1. The maximum Gasteiger partial charge on any atom is 0.137 e. The number of nitrogens with one attached hydrogen (secondary N) is 1. The molecule has 4 heteroatoms. The number of aryl methyl sites for hydroxylation is 1. The van der Waals surface area contributed by atoms with E-state index in [1.54, 1.807) is 6.33 Å². The Morgan fingerprint density at radius 2 is 2.10 bits per heavy atom. The Morgan fingerprint density at radius 3 is 2.95 bits per heavy atom. The first-order valence-corrected chi connectivity index (χ1v) is 7.41. The Morgan fingerprint density at radius 1 is 1.20 bits per heavy atom. The van der Waals surface area contributed by atoms with Crippen LogP contribution in [0.5, 0.6) is 0 Å². The van der Waals surface area contributed by atoms with Crippen LogP contribution >= 0.6 is 0 Å². The average Bonchev–Trinajstić information content (AvgIpc) is 3.20. The Hall–Kier alpha value is -1.68. The molecular weight excluding hydrogens is 250 g/mol. The van der Waals surface area contributed by atoms with Crippen LogP contribution in [-0.4, -0.2) is 28.7 Å². The number of rotatable bonds is 3. The van der Waals surface area contributed by atoms with Crippen molar-refractivity contribution in [3.63, 3.8) is 0 Å². The Bertz CT molecular complexity index is 633. The molecule has 104 valence electrons. The normalized spacial score (nSPS) is 26.1. The largest absolute Gasteiger partial charge is 0.376 e. The number of hydrogen-bond donors (Lipinski definition) is 1. The van der Waals surface area contributed by atoms with E-state index in [4.69, 9.17) is 4.74 Å². The number of nitrogens with zero attached hydrogens (tertiary/aromatic N) is 2. The van der Waals surface area contributed by atoms with Gasteiger partial charge in [0.05, 0.1) is 17.7 Å². The first kappa shape index (κ1) is 12.1. The Labute approximate surface area is 118 Å². The SMILES string of the molecule is Cc1cccc2ncnc(N[C@@H]3CCO[C@H]3C3CC3)c12. The third kappa shape index (κ3) is 2.04. The van der Waals surface area contributed by atoms with Crippen molar-refractivity contribution in [2.24, 2.45) is 5.92 Å². The van der Waals surface area contributed by atoms with Crippen molar-refractivity contribution in [3.8, 4) is 0 Å². The van der Waals surface area contributed by atoms with Crippen LogP contribution in [0.25, 0.3) is 10.9 Å². The second kappa shape index (κ2) is 4.70. The summed E-state index contributed by atoms with van der Waals surface area (Å²) >= 11 is 0. The van der Waals surface area contributed by atoms with Crippen molar-refractivity contribution >= 4 is 16.7 Å². The molecule has 1 aliphatic carbocycles. The zero-order chi connectivity index (χ0) is 13.5. The number of anilines is 1. The summed E-state index contributed by atoms with van der Waals surface area (Å²) in [7, 11) is 0. The molecule has 1 aliphatic heterocycles. The van der Waals surface area contributed by atoms with Crippen molar-refractivity contribution in [1.29, 1.82) is 0 Å². The highest BCUT2D eigenvalue weighted by atomic mass is 16.5. The van der Waals surface area contributed by atoms with Crippen LogP contribution in [0.4, 0.5) is 5.82 Å². The molecule has 1 saturated heterocycles. The van der Waals surface area contributed by atoms with E-state index in [0.29, 0.717) is 12.1 Å². The highest BCUT2D eigenvalue weighted by Crippen LogP contribution is 2.40. The summed E-state index contributed by atoms with van der Waals surface area (Å²) < 4.78 is 5.90. The maximum absolute atomic E-state index is 5.90. The van der Waals surface area contributed by atoms with Crippen molar-refractivity contribution < 1.29 is 4.74 Å². The highest BCUT2D eigenvalue weighted by Gasteiger charge is 2.40. The van der Waals surface area contributed by atoms with Gasteiger partial charge in [0, 0.05) is 12.0 Å². The highest BCUT2D eigenvalue weighted by molar-refractivity contribution is 5.91. The smallest absolute Gasteiger partial charge is 0.137 e. The van der Waals surface area contributed by atoms with Crippen LogP contribution < -0.4 is 5.32 Å². The van der Waals surface area contributed by atoms with Gasteiger partial charge in [0.15, 0.2) is 0 Å². The molecule has 0 bridgehead atoms. The minimum atomic E-state index is 0.365. The van der Waals surface area contributed by atoms with Gasteiger partial charge in [0.25, 0.3) is 0 Å². The molecule has 1 N–H and O–H groups in total. The quantitative estimate of drug-likeness (QED) is 0.930. The first-order valence-electron chi connectivity index (χ1n) is 7.41. The molecule has 1 saturated carbocycles. The predicted octanol–water partition coefficient (Wildman–Crippen LogP) is 2.92. The minimum Gasteiger partial charge on any atom is -0.376 e. The lowest BCUT2D eigenvalue weighted by Gasteiger charge is -2.21. The summed E-state index contributed by atoms with van der Waals surface area (Å²) in [5.74, 6) is 1.71. The van der Waals surface area contributed by atoms with Crippen molar-refractivity contribution in [1.82, 2.24) is 9.97 Å². The van der Waals surface area contributed by atoms with E-state index < -0.39 is 0 Å². The summed E-state index contributed by atoms with van der Waals surface area (Å²) in [5.41, 5.74) is 2.22. The van der Waals surface area contributed by atoms with Gasteiger partial charge in [-0.3, -0.25) is 0 Å². The van der Waals surface area contributed by atoms with E-state index in [1.807, 2.05) is 12.1 Å². The van der Waals surface area contributed by atoms with Gasteiger partial charge in [-0.25, -0.2) is 9.97 Å². The first-order chi connectivity index (χ1) is 9.83. The van der Waals surface area contributed by atoms with Gasteiger partial charge in [-0.1, -0.05) is 12.1 Å². The molecule has 4 nitrogen and oxygen atoms in total. The van der Waals surface area contributed by atoms with Gasteiger partial charge in [-0.2, -0.15) is 0 Å². The van der Waals surface area contributed by atoms with E-state index in [0.717, 1.165) is 35.7 Å². The van der Waals surface area contributed by atoms with E-state index in [1.165, 1.54) is 18.4 Å². The second-order valence-electron chi connectivity index (χ2n) is 5.90. The van der Waals surface area contributed by atoms with Crippen molar-refractivity contribution in [2.45, 2.75) is 38.3 Å². The van der Waals surface area contributed by atoms with Crippen LogP contribution in [-0.2, 0) is 4.74 Å². The van der Waals surface area contributed by atoms with E-state index in [9.17, 15) is 0 Å². The molecule has 2 atom stereocenters. The summed E-state index contributed by atoms with van der Waals surface area (Å²) in [6.07, 6.45) is 5.70. The van der Waals surface area contributed by atoms with Gasteiger partial charge in [-0.05, 0) is 43.7 Å².